The Morgan fingerprint density at radius 3 is 2.80 bits per heavy atom. The second-order valence-corrected chi connectivity index (χ2v) is 4.41. The van der Waals surface area contributed by atoms with Crippen LogP contribution in [0.4, 0.5) is 0 Å². The summed E-state index contributed by atoms with van der Waals surface area (Å²) in [5, 5.41) is 11.1. The lowest BCUT2D eigenvalue weighted by atomic mass is 10.2. The fourth-order valence-corrected chi connectivity index (χ4v) is 1.65. The Bertz CT molecular complexity index is 461. The van der Waals surface area contributed by atoms with Crippen molar-refractivity contribution in [2.45, 2.75) is 26.0 Å². The fraction of sp³-hybridized carbons (Fsp3) is 0.429. The molecule has 0 unspecified atom stereocenters. The number of benzene rings is 1. The highest BCUT2D eigenvalue weighted by Crippen LogP contribution is 2.13. The Hall–Kier alpha value is -2.08. The molecule has 1 aromatic carbocycles. The number of carboxylic acid groups (broad SMARTS) is 1. The van der Waals surface area contributed by atoms with E-state index >= 15 is 0 Å². The number of carboxylic acids is 1. The van der Waals surface area contributed by atoms with Crippen LogP contribution in [0.3, 0.4) is 0 Å². The highest BCUT2D eigenvalue weighted by Gasteiger charge is 2.10. The van der Waals surface area contributed by atoms with Crippen LogP contribution in [0.2, 0.25) is 0 Å². The summed E-state index contributed by atoms with van der Waals surface area (Å²) in [6.45, 7) is 1.81. The molecule has 6 nitrogen and oxygen atoms in total. The molecular formula is C14H19NO5. The lowest BCUT2D eigenvalue weighted by Crippen LogP contribution is -2.36. The molecule has 1 amide bonds. The summed E-state index contributed by atoms with van der Waals surface area (Å²) in [6, 6.07) is 6.94. The molecule has 0 aliphatic heterocycles. The van der Waals surface area contributed by atoms with Crippen LogP contribution in [0.1, 0.15) is 18.9 Å². The molecule has 1 rings (SSSR count). The molecule has 0 fully saturated rings. The number of carbonyl (C=O) groups excluding carboxylic acids is 1. The highest BCUT2D eigenvalue weighted by molar-refractivity contribution is 5.78. The summed E-state index contributed by atoms with van der Waals surface area (Å²) in [6.07, 6.45) is -0.109. The van der Waals surface area contributed by atoms with E-state index in [-0.39, 0.29) is 25.5 Å². The maximum Gasteiger partial charge on any atom is 0.305 e. The van der Waals surface area contributed by atoms with Crippen LogP contribution in [0.25, 0.3) is 0 Å². The van der Waals surface area contributed by atoms with Crippen LogP contribution in [0, 0.1) is 0 Å². The fourth-order valence-electron chi connectivity index (χ4n) is 1.65. The van der Waals surface area contributed by atoms with Crippen LogP contribution in [-0.2, 0) is 20.9 Å². The maximum atomic E-state index is 11.5. The number of rotatable bonds is 8. The van der Waals surface area contributed by atoms with Gasteiger partial charge in [-0.2, -0.15) is 0 Å². The first kappa shape index (κ1) is 16.0. The predicted molar refractivity (Wildman–Crippen MR) is 72.5 cm³/mol. The van der Waals surface area contributed by atoms with Crippen molar-refractivity contribution in [3.05, 3.63) is 29.8 Å². The number of hydrogen-bond acceptors (Lipinski definition) is 4. The van der Waals surface area contributed by atoms with E-state index in [0.717, 1.165) is 11.3 Å². The molecule has 0 aromatic heterocycles. The number of hydrogen-bond donors (Lipinski definition) is 2. The number of carbonyl (C=O) groups is 2. The van der Waals surface area contributed by atoms with Crippen molar-refractivity contribution in [3.8, 4) is 5.75 Å². The van der Waals surface area contributed by atoms with E-state index in [0.29, 0.717) is 0 Å². The van der Waals surface area contributed by atoms with Crippen molar-refractivity contribution in [1.29, 1.82) is 0 Å². The van der Waals surface area contributed by atoms with Crippen molar-refractivity contribution < 1.29 is 24.2 Å². The molecule has 2 N–H and O–H groups in total. The van der Waals surface area contributed by atoms with Gasteiger partial charge in [-0.25, -0.2) is 0 Å². The van der Waals surface area contributed by atoms with Crippen molar-refractivity contribution in [2.75, 3.05) is 13.7 Å². The minimum atomic E-state index is -0.949. The Morgan fingerprint density at radius 2 is 2.15 bits per heavy atom. The third kappa shape index (κ3) is 6.19. The van der Waals surface area contributed by atoms with Gasteiger partial charge in [0.05, 0.1) is 20.1 Å². The molecule has 1 aromatic rings. The Morgan fingerprint density at radius 1 is 1.40 bits per heavy atom. The smallest absolute Gasteiger partial charge is 0.305 e. The average Bonchev–Trinajstić information content (AvgIpc) is 2.37. The first-order valence-corrected chi connectivity index (χ1v) is 6.23. The molecule has 0 bridgehead atoms. The summed E-state index contributed by atoms with van der Waals surface area (Å²) >= 11 is 0. The van der Waals surface area contributed by atoms with E-state index < -0.39 is 12.0 Å². The van der Waals surface area contributed by atoms with Crippen LogP contribution >= 0.6 is 0 Å². The standard InChI is InChI=1S/C14H19NO5/c1-10(6-14(17)18)15-13(16)9-20-8-11-4-3-5-12(7-11)19-2/h3-5,7,10H,6,8-9H2,1-2H3,(H,15,16)(H,17,18)/t10-/m1/s1. The third-order valence-corrected chi connectivity index (χ3v) is 2.52. The normalized spacial score (nSPS) is 11.7. The van der Waals surface area contributed by atoms with Crippen molar-refractivity contribution in [3.63, 3.8) is 0 Å². The van der Waals surface area contributed by atoms with Crippen LogP contribution in [0.5, 0.6) is 5.75 Å². The molecule has 1 atom stereocenters. The Kier molecular flexibility index (Phi) is 6.52. The minimum Gasteiger partial charge on any atom is -0.497 e. The summed E-state index contributed by atoms with van der Waals surface area (Å²) in [7, 11) is 1.58. The average molecular weight is 281 g/mol. The van der Waals surface area contributed by atoms with Crippen LogP contribution in [-0.4, -0.2) is 36.7 Å². The SMILES string of the molecule is COc1cccc(COCC(=O)N[C@H](C)CC(=O)O)c1. The molecule has 0 saturated heterocycles. The third-order valence-electron chi connectivity index (χ3n) is 2.52. The molecule has 110 valence electrons. The minimum absolute atomic E-state index is 0.109. The van der Waals surface area contributed by atoms with E-state index in [2.05, 4.69) is 5.32 Å². The van der Waals surface area contributed by atoms with Gasteiger partial charge in [-0.15, -0.1) is 0 Å². The van der Waals surface area contributed by atoms with Gasteiger partial charge in [0.15, 0.2) is 0 Å². The van der Waals surface area contributed by atoms with Crippen molar-refractivity contribution >= 4 is 11.9 Å². The van der Waals surface area contributed by atoms with Gasteiger partial charge in [0.25, 0.3) is 0 Å². The lowest BCUT2D eigenvalue weighted by Gasteiger charge is -2.11. The van der Waals surface area contributed by atoms with Gasteiger partial charge in [-0.05, 0) is 24.6 Å². The van der Waals surface area contributed by atoms with E-state index in [9.17, 15) is 9.59 Å². The summed E-state index contributed by atoms with van der Waals surface area (Å²) < 4.78 is 10.4. The van der Waals surface area contributed by atoms with Crippen molar-refractivity contribution in [1.82, 2.24) is 5.32 Å². The van der Waals surface area contributed by atoms with E-state index in [4.69, 9.17) is 14.6 Å². The summed E-state index contributed by atoms with van der Waals surface area (Å²) in [4.78, 5) is 22.0. The maximum absolute atomic E-state index is 11.5. The summed E-state index contributed by atoms with van der Waals surface area (Å²) in [5.74, 6) is -0.553. The van der Waals surface area contributed by atoms with Crippen LogP contribution < -0.4 is 10.1 Å². The molecule has 20 heavy (non-hydrogen) atoms. The van der Waals surface area contributed by atoms with E-state index in [1.54, 1.807) is 14.0 Å². The zero-order chi connectivity index (χ0) is 15.0. The zero-order valence-electron chi connectivity index (χ0n) is 11.6. The van der Waals surface area contributed by atoms with E-state index in [1.165, 1.54) is 0 Å². The lowest BCUT2D eigenvalue weighted by molar-refractivity contribution is -0.137. The number of methoxy groups -OCH3 is 1. The van der Waals surface area contributed by atoms with Gasteiger partial charge in [0.1, 0.15) is 12.4 Å². The number of amides is 1. The molecular weight excluding hydrogens is 262 g/mol. The predicted octanol–water partition coefficient (Wildman–Crippen LogP) is 1.19. The van der Waals surface area contributed by atoms with Gasteiger partial charge >= 0.3 is 5.97 Å². The van der Waals surface area contributed by atoms with Gasteiger partial charge in [-0.3, -0.25) is 9.59 Å². The Labute approximate surface area is 117 Å². The molecule has 0 spiro atoms. The van der Waals surface area contributed by atoms with Crippen LogP contribution in [0.15, 0.2) is 24.3 Å². The Balaban J connectivity index is 2.29. The number of nitrogens with one attached hydrogen (secondary N) is 1. The molecule has 0 heterocycles. The number of ether oxygens (including phenoxy) is 2. The van der Waals surface area contributed by atoms with Gasteiger partial charge in [0.2, 0.25) is 5.91 Å². The first-order chi connectivity index (χ1) is 9.51. The quantitative estimate of drug-likeness (QED) is 0.747. The number of aliphatic carboxylic acids is 1. The highest BCUT2D eigenvalue weighted by atomic mass is 16.5. The molecule has 0 radical (unpaired) electrons. The largest absolute Gasteiger partial charge is 0.497 e. The van der Waals surface area contributed by atoms with Gasteiger partial charge in [0, 0.05) is 6.04 Å². The second-order valence-electron chi connectivity index (χ2n) is 4.41. The topological polar surface area (TPSA) is 84.9 Å². The van der Waals surface area contributed by atoms with E-state index in [1.807, 2.05) is 24.3 Å². The molecule has 0 aliphatic carbocycles. The molecule has 0 aliphatic rings. The summed E-state index contributed by atoms with van der Waals surface area (Å²) in [5.41, 5.74) is 0.899. The molecule has 0 saturated carbocycles. The monoisotopic (exact) mass is 281 g/mol. The molecule has 6 heteroatoms. The van der Waals surface area contributed by atoms with Crippen molar-refractivity contribution in [2.24, 2.45) is 0 Å². The first-order valence-electron chi connectivity index (χ1n) is 6.23. The second kappa shape index (κ2) is 8.16. The van der Waals surface area contributed by atoms with Gasteiger partial charge in [-0.1, -0.05) is 12.1 Å². The zero-order valence-corrected chi connectivity index (χ0v) is 11.6. The van der Waals surface area contributed by atoms with Gasteiger partial charge < -0.3 is 19.9 Å².